The number of likely N-dealkylation sites (N-methyl/N-ethyl adjacent to an activating group) is 1. The third kappa shape index (κ3) is 2.88. The molecule has 5 heteroatoms. The third-order valence-corrected chi connectivity index (χ3v) is 4.03. The van der Waals surface area contributed by atoms with Crippen molar-refractivity contribution >= 4 is 0 Å². The van der Waals surface area contributed by atoms with Crippen molar-refractivity contribution in [3.63, 3.8) is 0 Å². The van der Waals surface area contributed by atoms with Gasteiger partial charge in [0.05, 0.1) is 6.54 Å². The van der Waals surface area contributed by atoms with E-state index in [0.29, 0.717) is 12.6 Å². The van der Waals surface area contributed by atoms with E-state index in [0.717, 1.165) is 24.4 Å². The summed E-state index contributed by atoms with van der Waals surface area (Å²) in [5.74, 6) is 0.799. The molecule has 1 aromatic carbocycles. The van der Waals surface area contributed by atoms with Crippen LogP contribution in [0.25, 0.3) is 0 Å². The minimum absolute atomic E-state index is 0.208. The van der Waals surface area contributed by atoms with Gasteiger partial charge in [0.15, 0.2) is 0 Å². The SMILES string of the molecule is CN1CCC[C@@H]1Cc1ncnn1Cc1ccc(F)cc1. The zero-order chi connectivity index (χ0) is 13.9. The Kier molecular flexibility index (Phi) is 3.78. The van der Waals surface area contributed by atoms with Gasteiger partial charge < -0.3 is 4.90 Å². The molecule has 1 aromatic heterocycles. The van der Waals surface area contributed by atoms with Gasteiger partial charge in [0.1, 0.15) is 18.0 Å². The molecule has 0 unspecified atom stereocenters. The van der Waals surface area contributed by atoms with Crippen LogP contribution in [0.4, 0.5) is 4.39 Å². The monoisotopic (exact) mass is 274 g/mol. The Balaban J connectivity index is 1.71. The van der Waals surface area contributed by atoms with Gasteiger partial charge in [0.2, 0.25) is 0 Å². The first-order valence-electron chi connectivity index (χ1n) is 7.04. The summed E-state index contributed by atoms with van der Waals surface area (Å²) >= 11 is 0. The van der Waals surface area contributed by atoms with Crippen LogP contribution in [0.2, 0.25) is 0 Å². The lowest BCUT2D eigenvalue weighted by molar-refractivity contribution is 0.303. The molecule has 0 aliphatic carbocycles. The molecule has 0 bridgehead atoms. The van der Waals surface area contributed by atoms with Crippen LogP contribution in [-0.2, 0) is 13.0 Å². The molecular weight excluding hydrogens is 255 g/mol. The van der Waals surface area contributed by atoms with Crippen LogP contribution in [-0.4, -0.2) is 39.3 Å². The number of hydrogen-bond donors (Lipinski definition) is 0. The van der Waals surface area contributed by atoms with Crippen molar-refractivity contribution in [1.29, 1.82) is 0 Å². The summed E-state index contributed by atoms with van der Waals surface area (Å²) in [5, 5.41) is 4.29. The van der Waals surface area contributed by atoms with Crippen molar-refractivity contribution in [3.8, 4) is 0 Å². The van der Waals surface area contributed by atoms with Crippen LogP contribution < -0.4 is 0 Å². The Bertz CT molecular complexity index is 564. The van der Waals surface area contributed by atoms with Crippen LogP contribution in [0.1, 0.15) is 24.2 Å². The molecule has 1 saturated heterocycles. The van der Waals surface area contributed by atoms with Gasteiger partial charge in [0, 0.05) is 12.5 Å². The molecule has 106 valence electrons. The summed E-state index contributed by atoms with van der Waals surface area (Å²) in [7, 11) is 2.17. The maximum atomic E-state index is 12.9. The number of halogens is 1. The van der Waals surface area contributed by atoms with Crippen LogP contribution in [0.15, 0.2) is 30.6 Å². The Morgan fingerprint density at radius 2 is 2.10 bits per heavy atom. The maximum Gasteiger partial charge on any atom is 0.138 e. The highest BCUT2D eigenvalue weighted by Gasteiger charge is 2.23. The molecule has 0 amide bonds. The fourth-order valence-corrected chi connectivity index (χ4v) is 2.79. The molecule has 1 fully saturated rings. The Hall–Kier alpha value is -1.75. The molecule has 2 aromatic rings. The molecule has 1 atom stereocenters. The summed E-state index contributed by atoms with van der Waals surface area (Å²) in [4.78, 5) is 6.76. The van der Waals surface area contributed by atoms with E-state index in [-0.39, 0.29) is 5.82 Å². The highest BCUT2D eigenvalue weighted by molar-refractivity contribution is 5.16. The Morgan fingerprint density at radius 3 is 2.80 bits per heavy atom. The molecule has 0 spiro atoms. The normalized spacial score (nSPS) is 19.6. The van der Waals surface area contributed by atoms with E-state index < -0.39 is 0 Å². The van der Waals surface area contributed by atoms with Crippen molar-refractivity contribution in [1.82, 2.24) is 19.7 Å². The van der Waals surface area contributed by atoms with E-state index in [1.54, 1.807) is 18.5 Å². The maximum absolute atomic E-state index is 12.9. The quantitative estimate of drug-likeness (QED) is 0.856. The molecule has 4 nitrogen and oxygen atoms in total. The zero-order valence-electron chi connectivity index (χ0n) is 11.7. The molecule has 2 heterocycles. The summed E-state index contributed by atoms with van der Waals surface area (Å²) in [6, 6.07) is 7.12. The second kappa shape index (κ2) is 5.71. The molecule has 1 aliphatic heterocycles. The fourth-order valence-electron chi connectivity index (χ4n) is 2.79. The average Bonchev–Trinajstić information content (AvgIpc) is 3.04. The molecular formula is C15H19FN4. The first-order chi connectivity index (χ1) is 9.72. The second-order valence-corrected chi connectivity index (χ2v) is 5.44. The largest absolute Gasteiger partial charge is 0.303 e. The minimum Gasteiger partial charge on any atom is -0.303 e. The first-order valence-corrected chi connectivity index (χ1v) is 7.04. The van der Waals surface area contributed by atoms with Gasteiger partial charge in [0.25, 0.3) is 0 Å². The highest BCUT2D eigenvalue weighted by Crippen LogP contribution is 2.18. The van der Waals surface area contributed by atoms with Gasteiger partial charge in [-0.15, -0.1) is 0 Å². The summed E-state index contributed by atoms with van der Waals surface area (Å²) in [6.07, 6.45) is 5.01. The van der Waals surface area contributed by atoms with Crippen LogP contribution in [0.5, 0.6) is 0 Å². The van der Waals surface area contributed by atoms with E-state index in [2.05, 4.69) is 22.0 Å². The standard InChI is InChI=1S/C15H19FN4/c1-19-8-2-3-14(19)9-15-17-11-18-20(15)10-12-4-6-13(16)7-5-12/h4-7,11,14H,2-3,8-10H2,1H3/t14-/m1/s1. The Labute approximate surface area is 118 Å². The van der Waals surface area contributed by atoms with E-state index in [1.807, 2.05) is 4.68 Å². The topological polar surface area (TPSA) is 34.0 Å². The number of likely N-dealkylation sites (tertiary alicyclic amines) is 1. The molecule has 0 radical (unpaired) electrons. The van der Waals surface area contributed by atoms with Crippen molar-refractivity contribution in [3.05, 3.63) is 47.8 Å². The van der Waals surface area contributed by atoms with Crippen molar-refractivity contribution < 1.29 is 4.39 Å². The predicted molar refractivity (Wildman–Crippen MR) is 74.9 cm³/mol. The van der Waals surface area contributed by atoms with Gasteiger partial charge in [-0.3, -0.25) is 0 Å². The zero-order valence-corrected chi connectivity index (χ0v) is 11.7. The molecule has 20 heavy (non-hydrogen) atoms. The van der Waals surface area contributed by atoms with E-state index in [9.17, 15) is 4.39 Å². The molecule has 1 aliphatic rings. The van der Waals surface area contributed by atoms with Gasteiger partial charge >= 0.3 is 0 Å². The van der Waals surface area contributed by atoms with E-state index >= 15 is 0 Å². The van der Waals surface area contributed by atoms with Gasteiger partial charge in [-0.1, -0.05) is 12.1 Å². The van der Waals surface area contributed by atoms with Crippen LogP contribution in [0, 0.1) is 5.82 Å². The fraction of sp³-hybridized carbons (Fsp3) is 0.467. The Morgan fingerprint density at radius 1 is 1.30 bits per heavy atom. The lowest BCUT2D eigenvalue weighted by Crippen LogP contribution is -2.28. The van der Waals surface area contributed by atoms with E-state index in [1.165, 1.54) is 25.0 Å². The third-order valence-electron chi connectivity index (χ3n) is 4.03. The number of rotatable bonds is 4. The minimum atomic E-state index is -0.208. The second-order valence-electron chi connectivity index (χ2n) is 5.44. The van der Waals surface area contributed by atoms with Crippen molar-refractivity contribution in [2.45, 2.75) is 31.8 Å². The first kappa shape index (κ1) is 13.2. The predicted octanol–water partition coefficient (Wildman–Crippen LogP) is 2.10. The molecule has 0 saturated carbocycles. The number of hydrogen-bond acceptors (Lipinski definition) is 3. The van der Waals surface area contributed by atoms with Crippen molar-refractivity contribution in [2.24, 2.45) is 0 Å². The van der Waals surface area contributed by atoms with Crippen molar-refractivity contribution in [2.75, 3.05) is 13.6 Å². The van der Waals surface area contributed by atoms with E-state index in [4.69, 9.17) is 0 Å². The number of nitrogens with zero attached hydrogens (tertiary/aromatic N) is 4. The lowest BCUT2D eigenvalue weighted by Gasteiger charge is -2.19. The summed E-state index contributed by atoms with van der Waals surface area (Å²) in [5.41, 5.74) is 1.04. The smallest absolute Gasteiger partial charge is 0.138 e. The lowest BCUT2D eigenvalue weighted by atomic mass is 10.1. The summed E-state index contributed by atoms with van der Waals surface area (Å²) in [6.45, 7) is 1.81. The number of aromatic nitrogens is 3. The van der Waals surface area contributed by atoms with Crippen LogP contribution in [0.3, 0.4) is 0 Å². The molecule has 3 rings (SSSR count). The number of benzene rings is 1. The van der Waals surface area contributed by atoms with Crippen LogP contribution >= 0.6 is 0 Å². The van der Waals surface area contributed by atoms with Gasteiger partial charge in [-0.2, -0.15) is 5.10 Å². The molecule has 0 N–H and O–H groups in total. The average molecular weight is 274 g/mol. The highest BCUT2D eigenvalue weighted by atomic mass is 19.1. The summed E-state index contributed by atoms with van der Waals surface area (Å²) < 4.78 is 14.8. The van der Waals surface area contributed by atoms with Gasteiger partial charge in [-0.05, 0) is 44.1 Å². The van der Waals surface area contributed by atoms with Gasteiger partial charge in [-0.25, -0.2) is 14.1 Å².